The molecule has 8 nitrogen and oxygen atoms in total. The lowest BCUT2D eigenvalue weighted by molar-refractivity contribution is -0.115. The van der Waals surface area contributed by atoms with E-state index in [1.807, 2.05) is 0 Å². The maximum atomic E-state index is 12.5. The van der Waals surface area contributed by atoms with Crippen molar-refractivity contribution in [1.82, 2.24) is 4.72 Å². The molecule has 0 aliphatic carbocycles. The van der Waals surface area contributed by atoms with Gasteiger partial charge in [0.1, 0.15) is 5.76 Å². The normalized spacial score (nSPS) is 13.0. The van der Waals surface area contributed by atoms with Gasteiger partial charge in [0.05, 0.1) is 24.1 Å². The van der Waals surface area contributed by atoms with E-state index in [1.54, 1.807) is 30.3 Å². The predicted molar refractivity (Wildman–Crippen MR) is 106 cm³/mol. The number of anilines is 2. The Morgan fingerprint density at radius 1 is 1.10 bits per heavy atom. The molecule has 0 spiro atoms. The van der Waals surface area contributed by atoms with Crippen molar-refractivity contribution in [3.8, 4) is 0 Å². The Morgan fingerprint density at radius 2 is 1.90 bits per heavy atom. The number of carbonyl (C=O) groups is 2. The summed E-state index contributed by atoms with van der Waals surface area (Å²) in [7, 11) is -3.71. The van der Waals surface area contributed by atoms with Crippen molar-refractivity contribution < 1.29 is 22.4 Å². The molecule has 0 bridgehead atoms. The van der Waals surface area contributed by atoms with Crippen LogP contribution in [0.1, 0.15) is 21.7 Å². The van der Waals surface area contributed by atoms with Crippen LogP contribution in [0.4, 0.5) is 11.4 Å². The second kappa shape index (κ2) is 7.53. The number of amides is 2. The molecule has 3 N–H and O–H groups in total. The van der Waals surface area contributed by atoms with Gasteiger partial charge in [-0.05, 0) is 60.2 Å². The highest BCUT2D eigenvalue weighted by molar-refractivity contribution is 7.89. The van der Waals surface area contributed by atoms with Gasteiger partial charge in [0.2, 0.25) is 15.9 Å². The third-order valence-corrected chi connectivity index (χ3v) is 5.85. The van der Waals surface area contributed by atoms with Gasteiger partial charge in [-0.3, -0.25) is 9.59 Å². The first kappa shape index (κ1) is 18.9. The summed E-state index contributed by atoms with van der Waals surface area (Å²) >= 11 is 0. The molecule has 1 aliphatic heterocycles. The zero-order valence-electron chi connectivity index (χ0n) is 15.1. The van der Waals surface area contributed by atoms with E-state index in [-0.39, 0.29) is 29.7 Å². The zero-order chi connectivity index (χ0) is 20.4. The molecule has 3 aromatic rings. The van der Waals surface area contributed by atoms with E-state index in [0.29, 0.717) is 22.7 Å². The summed E-state index contributed by atoms with van der Waals surface area (Å²) in [6, 6.07) is 14.2. The number of carbonyl (C=O) groups excluding carboxylic acids is 2. The highest BCUT2D eigenvalue weighted by atomic mass is 32.2. The number of hydrogen-bond donors (Lipinski definition) is 3. The third-order valence-electron chi connectivity index (χ3n) is 4.43. The van der Waals surface area contributed by atoms with Crippen LogP contribution < -0.4 is 15.4 Å². The van der Waals surface area contributed by atoms with Crippen molar-refractivity contribution in [1.29, 1.82) is 0 Å². The van der Waals surface area contributed by atoms with E-state index in [9.17, 15) is 18.0 Å². The van der Waals surface area contributed by atoms with Crippen molar-refractivity contribution in [3.63, 3.8) is 0 Å². The molecule has 0 radical (unpaired) electrons. The number of sulfonamides is 1. The molecule has 29 heavy (non-hydrogen) atoms. The van der Waals surface area contributed by atoms with Gasteiger partial charge in [0.25, 0.3) is 5.91 Å². The van der Waals surface area contributed by atoms with Gasteiger partial charge >= 0.3 is 0 Å². The van der Waals surface area contributed by atoms with Gasteiger partial charge in [0.15, 0.2) is 0 Å². The molecular formula is C20H17N3O5S. The van der Waals surface area contributed by atoms with Crippen LogP contribution >= 0.6 is 0 Å². The Bertz CT molecular complexity index is 1170. The fourth-order valence-corrected chi connectivity index (χ4v) is 3.95. The lowest BCUT2D eigenvalue weighted by Gasteiger charge is -2.09. The number of nitrogens with one attached hydrogen (secondary N) is 3. The van der Waals surface area contributed by atoms with E-state index < -0.39 is 10.0 Å². The zero-order valence-corrected chi connectivity index (χ0v) is 16.0. The first-order valence-electron chi connectivity index (χ1n) is 8.77. The van der Waals surface area contributed by atoms with Crippen LogP contribution in [0.25, 0.3) is 0 Å². The fourth-order valence-electron chi connectivity index (χ4n) is 2.95. The van der Waals surface area contributed by atoms with Crippen molar-refractivity contribution >= 4 is 33.2 Å². The van der Waals surface area contributed by atoms with Gasteiger partial charge in [0, 0.05) is 16.9 Å². The smallest absolute Gasteiger partial charge is 0.255 e. The second-order valence-electron chi connectivity index (χ2n) is 6.48. The van der Waals surface area contributed by atoms with Crippen LogP contribution in [-0.2, 0) is 27.8 Å². The van der Waals surface area contributed by atoms with Gasteiger partial charge < -0.3 is 15.1 Å². The molecule has 148 valence electrons. The largest absolute Gasteiger partial charge is 0.468 e. The Labute approximate surface area is 167 Å². The van der Waals surface area contributed by atoms with Crippen LogP contribution in [0, 0.1) is 0 Å². The quantitative estimate of drug-likeness (QED) is 0.576. The average molecular weight is 411 g/mol. The highest BCUT2D eigenvalue weighted by Crippen LogP contribution is 2.24. The SMILES string of the molecule is O=C1Cc2cc(C(=O)Nc3ccc(S(=O)(=O)NCc4ccco4)cc3)ccc2N1. The first-order valence-corrected chi connectivity index (χ1v) is 10.3. The van der Waals surface area contributed by atoms with E-state index >= 15 is 0 Å². The Balaban J connectivity index is 1.42. The summed E-state index contributed by atoms with van der Waals surface area (Å²) in [6.07, 6.45) is 1.71. The maximum absolute atomic E-state index is 12.5. The van der Waals surface area contributed by atoms with Crippen LogP contribution in [0.3, 0.4) is 0 Å². The molecule has 0 saturated heterocycles. The minimum Gasteiger partial charge on any atom is -0.468 e. The van der Waals surface area contributed by atoms with Gasteiger partial charge in [-0.15, -0.1) is 0 Å². The number of furan rings is 1. The van der Waals surface area contributed by atoms with Crippen molar-refractivity contribution in [2.75, 3.05) is 10.6 Å². The third kappa shape index (κ3) is 4.20. The standard InChI is InChI=1S/C20H17N3O5S/c24-19-11-14-10-13(3-8-18(14)23-19)20(25)22-15-4-6-17(7-5-15)29(26,27)21-12-16-2-1-9-28-16/h1-10,21H,11-12H2,(H,22,25)(H,23,24). The number of fused-ring (bicyclic) bond motifs is 1. The molecule has 1 aliphatic rings. The van der Waals surface area contributed by atoms with Gasteiger partial charge in [-0.25, -0.2) is 13.1 Å². The summed E-state index contributed by atoms with van der Waals surface area (Å²) in [5.74, 6) is 0.0532. The number of hydrogen-bond acceptors (Lipinski definition) is 5. The lowest BCUT2D eigenvalue weighted by Crippen LogP contribution is -2.23. The van der Waals surface area contributed by atoms with Crippen LogP contribution in [0.15, 0.2) is 70.2 Å². The summed E-state index contributed by atoms with van der Waals surface area (Å²) in [5, 5.41) is 5.43. The van der Waals surface area contributed by atoms with E-state index in [0.717, 1.165) is 5.56 Å². The molecule has 2 aromatic carbocycles. The summed E-state index contributed by atoms with van der Waals surface area (Å²) in [6.45, 7) is 0.0451. The van der Waals surface area contributed by atoms with Crippen molar-refractivity contribution in [2.45, 2.75) is 17.9 Å². The number of rotatable bonds is 6. The summed E-state index contributed by atoms with van der Waals surface area (Å²) in [5.41, 5.74) is 2.35. The van der Waals surface area contributed by atoms with Gasteiger partial charge in [-0.1, -0.05) is 0 Å². The molecule has 0 saturated carbocycles. The molecule has 0 atom stereocenters. The first-order chi connectivity index (χ1) is 13.9. The van der Waals surface area contributed by atoms with Gasteiger partial charge in [-0.2, -0.15) is 0 Å². The van der Waals surface area contributed by atoms with E-state index in [4.69, 9.17) is 4.42 Å². The molecule has 0 unspecified atom stereocenters. The topological polar surface area (TPSA) is 118 Å². The maximum Gasteiger partial charge on any atom is 0.255 e. The monoisotopic (exact) mass is 411 g/mol. The Kier molecular flexibility index (Phi) is 4.91. The van der Waals surface area contributed by atoms with Crippen LogP contribution in [0.2, 0.25) is 0 Å². The molecule has 1 aromatic heterocycles. The molecule has 2 heterocycles. The molecule has 0 fully saturated rings. The predicted octanol–water partition coefficient (Wildman–Crippen LogP) is 2.50. The Morgan fingerprint density at radius 3 is 2.62 bits per heavy atom. The highest BCUT2D eigenvalue weighted by Gasteiger charge is 2.19. The van der Waals surface area contributed by atoms with Crippen LogP contribution in [0.5, 0.6) is 0 Å². The molecule has 4 rings (SSSR count). The second-order valence-corrected chi connectivity index (χ2v) is 8.25. The minimum atomic E-state index is -3.71. The minimum absolute atomic E-state index is 0.0451. The summed E-state index contributed by atoms with van der Waals surface area (Å²) < 4.78 is 32.2. The average Bonchev–Trinajstić information content (AvgIpc) is 3.34. The molecule has 9 heteroatoms. The Hall–Kier alpha value is -3.43. The molecule has 2 amide bonds. The van der Waals surface area contributed by atoms with E-state index in [1.165, 1.54) is 30.5 Å². The molecular weight excluding hydrogens is 394 g/mol. The van der Waals surface area contributed by atoms with Crippen molar-refractivity contribution in [3.05, 3.63) is 77.7 Å². The summed E-state index contributed by atoms with van der Waals surface area (Å²) in [4.78, 5) is 24.0. The van der Waals surface area contributed by atoms with E-state index in [2.05, 4.69) is 15.4 Å². The lowest BCUT2D eigenvalue weighted by atomic mass is 10.1. The van der Waals surface area contributed by atoms with Crippen molar-refractivity contribution in [2.24, 2.45) is 0 Å². The number of benzene rings is 2. The fraction of sp³-hybridized carbons (Fsp3) is 0.100. The van der Waals surface area contributed by atoms with Crippen LogP contribution in [-0.4, -0.2) is 20.2 Å².